The van der Waals surface area contributed by atoms with Crippen molar-refractivity contribution in [2.45, 2.75) is 17.5 Å². The smallest absolute Gasteiger partial charge is 0.275 e. The van der Waals surface area contributed by atoms with Gasteiger partial charge in [-0.2, -0.15) is 0 Å². The number of para-hydroxylation sites is 1. The van der Waals surface area contributed by atoms with Gasteiger partial charge in [-0.15, -0.1) is 5.10 Å². The lowest BCUT2D eigenvalue weighted by atomic mass is 10.2. The van der Waals surface area contributed by atoms with Crippen molar-refractivity contribution in [1.82, 2.24) is 25.0 Å². The zero-order chi connectivity index (χ0) is 22.0. The number of nitrogens with zero attached hydrogens (tertiary/aromatic N) is 6. The fourth-order valence-corrected chi connectivity index (χ4v) is 4.01. The molecule has 0 saturated carbocycles. The summed E-state index contributed by atoms with van der Waals surface area (Å²) in [4.78, 5) is 32.3. The molecule has 0 aliphatic rings. The SMILES string of the molecule is CN(C)c1c(Cn2nnc3ccccc32)nc(SCc2ccc([N+](=O)[O-])cc2)[nH]c1=O. The predicted octanol–water partition coefficient (Wildman–Crippen LogP) is 2.83. The molecule has 31 heavy (non-hydrogen) atoms. The highest BCUT2D eigenvalue weighted by molar-refractivity contribution is 7.98. The molecule has 0 radical (unpaired) electrons. The summed E-state index contributed by atoms with van der Waals surface area (Å²) in [5.41, 5.74) is 3.35. The third-order valence-electron chi connectivity index (χ3n) is 4.64. The normalized spacial score (nSPS) is 11.0. The van der Waals surface area contributed by atoms with Crippen LogP contribution in [0.25, 0.3) is 11.0 Å². The Morgan fingerprint density at radius 2 is 1.90 bits per heavy atom. The molecule has 10 nitrogen and oxygen atoms in total. The minimum Gasteiger partial charge on any atom is -0.372 e. The van der Waals surface area contributed by atoms with Gasteiger partial charge in [0.1, 0.15) is 11.2 Å². The molecule has 2 heterocycles. The van der Waals surface area contributed by atoms with Crippen LogP contribution in [0.3, 0.4) is 0 Å². The van der Waals surface area contributed by atoms with E-state index in [1.165, 1.54) is 23.9 Å². The van der Waals surface area contributed by atoms with Crippen molar-refractivity contribution in [3.8, 4) is 0 Å². The quantitative estimate of drug-likeness (QED) is 0.203. The van der Waals surface area contributed by atoms with E-state index < -0.39 is 4.92 Å². The number of hydrogen-bond donors (Lipinski definition) is 1. The molecule has 0 atom stereocenters. The van der Waals surface area contributed by atoms with Crippen molar-refractivity contribution in [3.63, 3.8) is 0 Å². The second-order valence-corrected chi connectivity index (χ2v) is 7.97. The van der Waals surface area contributed by atoms with Crippen molar-refractivity contribution < 1.29 is 4.92 Å². The summed E-state index contributed by atoms with van der Waals surface area (Å²) < 4.78 is 1.72. The van der Waals surface area contributed by atoms with Crippen molar-refractivity contribution in [2.24, 2.45) is 0 Å². The summed E-state index contributed by atoms with van der Waals surface area (Å²) in [5.74, 6) is 0.508. The first kappa shape index (κ1) is 20.5. The Morgan fingerprint density at radius 3 is 2.61 bits per heavy atom. The fourth-order valence-electron chi connectivity index (χ4n) is 3.17. The number of thioether (sulfide) groups is 1. The van der Waals surface area contributed by atoms with E-state index in [9.17, 15) is 14.9 Å². The van der Waals surface area contributed by atoms with Crippen LogP contribution in [-0.2, 0) is 12.3 Å². The van der Waals surface area contributed by atoms with E-state index in [4.69, 9.17) is 0 Å². The Hall–Kier alpha value is -3.73. The second-order valence-electron chi connectivity index (χ2n) is 7.01. The standard InChI is InChI=1S/C20H19N7O3S/c1-25(2)18-16(11-26-17-6-4-3-5-15(17)23-24-26)21-20(22-19(18)28)31-12-13-7-9-14(10-8-13)27(29)30/h3-10H,11-12H2,1-2H3,(H,21,22,28). The van der Waals surface area contributed by atoms with E-state index in [1.807, 2.05) is 24.3 Å². The molecule has 1 N–H and O–H groups in total. The summed E-state index contributed by atoms with van der Waals surface area (Å²) >= 11 is 1.35. The highest BCUT2D eigenvalue weighted by atomic mass is 32.2. The van der Waals surface area contributed by atoms with Gasteiger partial charge in [0.05, 0.1) is 22.7 Å². The number of nitro benzene ring substituents is 1. The molecule has 0 spiro atoms. The number of aromatic amines is 1. The predicted molar refractivity (Wildman–Crippen MR) is 118 cm³/mol. The number of nitro groups is 1. The van der Waals surface area contributed by atoms with Crippen LogP contribution in [0.5, 0.6) is 0 Å². The van der Waals surface area contributed by atoms with E-state index in [1.54, 1.807) is 35.8 Å². The number of benzene rings is 2. The molecule has 0 unspecified atom stereocenters. The van der Waals surface area contributed by atoms with E-state index in [2.05, 4.69) is 20.3 Å². The molecule has 158 valence electrons. The maximum atomic E-state index is 12.8. The summed E-state index contributed by atoms with van der Waals surface area (Å²) in [5, 5.41) is 19.6. The number of anilines is 1. The number of aromatic nitrogens is 5. The lowest BCUT2D eigenvalue weighted by Crippen LogP contribution is -2.25. The summed E-state index contributed by atoms with van der Waals surface area (Å²) in [6, 6.07) is 13.9. The van der Waals surface area contributed by atoms with E-state index >= 15 is 0 Å². The summed E-state index contributed by atoms with van der Waals surface area (Å²) in [6.07, 6.45) is 0. The molecular weight excluding hydrogens is 418 g/mol. The molecule has 11 heteroatoms. The second kappa shape index (κ2) is 8.56. The largest absolute Gasteiger partial charge is 0.372 e. The van der Waals surface area contributed by atoms with E-state index in [0.717, 1.165) is 16.6 Å². The van der Waals surface area contributed by atoms with Crippen LogP contribution in [-0.4, -0.2) is 44.0 Å². The van der Waals surface area contributed by atoms with Gasteiger partial charge < -0.3 is 4.90 Å². The molecule has 0 aliphatic heterocycles. The first-order chi connectivity index (χ1) is 14.9. The maximum Gasteiger partial charge on any atom is 0.275 e. The van der Waals surface area contributed by atoms with Gasteiger partial charge in [-0.1, -0.05) is 41.2 Å². The van der Waals surface area contributed by atoms with Gasteiger partial charge >= 0.3 is 0 Å². The first-order valence-electron chi connectivity index (χ1n) is 9.37. The van der Waals surface area contributed by atoms with Crippen LogP contribution in [0.2, 0.25) is 0 Å². The number of H-pyrrole nitrogens is 1. The van der Waals surface area contributed by atoms with E-state index in [0.29, 0.717) is 28.8 Å². The Bertz CT molecular complexity index is 1300. The van der Waals surface area contributed by atoms with Gasteiger partial charge in [0, 0.05) is 32.0 Å². The van der Waals surface area contributed by atoms with Gasteiger partial charge in [-0.25, -0.2) is 9.67 Å². The lowest BCUT2D eigenvalue weighted by molar-refractivity contribution is -0.384. The topological polar surface area (TPSA) is 123 Å². The highest BCUT2D eigenvalue weighted by Gasteiger charge is 2.16. The summed E-state index contributed by atoms with van der Waals surface area (Å²) in [6.45, 7) is 0.295. The molecule has 0 aliphatic carbocycles. The molecule has 2 aromatic heterocycles. The number of fused-ring (bicyclic) bond motifs is 1. The zero-order valence-electron chi connectivity index (χ0n) is 16.8. The third-order valence-corrected chi connectivity index (χ3v) is 5.58. The monoisotopic (exact) mass is 437 g/mol. The Labute approximate surface area is 181 Å². The maximum absolute atomic E-state index is 12.8. The van der Waals surface area contributed by atoms with Crippen molar-refractivity contribution in [1.29, 1.82) is 0 Å². The van der Waals surface area contributed by atoms with Gasteiger partial charge in [0.25, 0.3) is 11.2 Å². The summed E-state index contributed by atoms with van der Waals surface area (Å²) in [7, 11) is 3.58. The van der Waals surface area contributed by atoms with Crippen molar-refractivity contribution in [2.75, 3.05) is 19.0 Å². The van der Waals surface area contributed by atoms with Crippen LogP contribution in [0.1, 0.15) is 11.3 Å². The van der Waals surface area contributed by atoms with Crippen LogP contribution in [0.4, 0.5) is 11.4 Å². The molecule has 4 rings (SSSR count). The molecule has 2 aromatic carbocycles. The molecule has 0 bridgehead atoms. The minimum atomic E-state index is -0.434. The van der Waals surface area contributed by atoms with Crippen LogP contribution >= 0.6 is 11.8 Å². The molecule has 4 aromatic rings. The lowest BCUT2D eigenvalue weighted by Gasteiger charge is -2.16. The molecule has 0 fully saturated rings. The van der Waals surface area contributed by atoms with Gasteiger partial charge in [0.2, 0.25) is 0 Å². The minimum absolute atomic E-state index is 0.0398. The highest BCUT2D eigenvalue weighted by Crippen LogP contribution is 2.23. The van der Waals surface area contributed by atoms with Crippen LogP contribution < -0.4 is 10.5 Å². The third kappa shape index (κ3) is 4.40. The average molecular weight is 437 g/mol. The Balaban J connectivity index is 1.61. The van der Waals surface area contributed by atoms with Crippen molar-refractivity contribution >= 4 is 34.2 Å². The van der Waals surface area contributed by atoms with Crippen LogP contribution in [0.15, 0.2) is 58.5 Å². The van der Waals surface area contributed by atoms with Gasteiger partial charge in [0.15, 0.2) is 5.16 Å². The number of hydrogen-bond acceptors (Lipinski definition) is 8. The number of non-ortho nitro benzene ring substituents is 1. The van der Waals surface area contributed by atoms with Crippen molar-refractivity contribution in [3.05, 3.63) is 80.3 Å². The molecular formula is C20H19N7O3S. The fraction of sp³-hybridized carbons (Fsp3) is 0.200. The van der Waals surface area contributed by atoms with E-state index in [-0.39, 0.29) is 11.2 Å². The number of rotatable bonds is 7. The molecule has 0 saturated heterocycles. The number of nitrogens with one attached hydrogen (secondary N) is 1. The zero-order valence-corrected chi connectivity index (χ0v) is 17.7. The molecule has 0 amide bonds. The van der Waals surface area contributed by atoms with Gasteiger partial charge in [-0.05, 0) is 17.7 Å². The average Bonchev–Trinajstić information content (AvgIpc) is 3.15. The first-order valence-corrected chi connectivity index (χ1v) is 10.4. The van der Waals surface area contributed by atoms with Gasteiger partial charge in [-0.3, -0.25) is 19.9 Å². The Kier molecular flexibility index (Phi) is 5.67. The van der Waals surface area contributed by atoms with Crippen LogP contribution in [0, 0.1) is 10.1 Å². The Morgan fingerprint density at radius 1 is 1.16 bits per heavy atom.